The van der Waals surface area contributed by atoms with Crippen LogP contribution in [0.3, 0.4) is 0 Å². The summed E-state index contributed by atoms with van der Waals surface area (Å²) in [6.07, 6.45) is -0.460. The summed E-state index contributed by atoms with van der Waals surface area (Å²) >= 11 is 0. The van der Waals surface area contributed by atoms with Crippen LogP contribution < -0.4 is 5.43 Å². The van der Waals surface area contributed by atoms with E-state index in [1.165, 1.54) is 18.2 Å². The van der Waals surface area contributed by atoms with Gasteiger partial charge in [-0.2, -0.15) is 5.10 Å². The van der Waals surface area contributed by atoms with E-state index in [1.54, 1.807) is 13.0 Å². The highest BCUT2D eigenvalue weighted by atomic mass is 16.6. The molecule has 0 aliphatic carbocycles. The Balaban J connectivity index is 2.69. The quantitative estimate of drug-likeness (QED) is 0.461. The lowest BCUT2D eigenvalue weighted by atomic mass is 10.1. The van der Waals surface area contributed by atoms with Crippen molar-refractivity contribution in [2.24, 2.45) is 5.10 Å². The topological polar surface area (TPSA) is 122 Å². The van der Waals surface area contributed by atoms with Crippen molar-refractivity contribution < 1.29 is 19.6 Å². The molecule has 0 heterocycles. The summed E-state index contributed by atoms with van der Waals surface area (Å²) in [5.41, 5.74) is 3.01. The number of carbonyl (C=O) groups excluding carboxylic acids is 1. The zero-order valence-electron chi connectivity index (χ0n) is 10.7. The van der Waals surface area contributed by atoms with Gasteiger partial charge in [-0.3, -0.25) is 19.7 Å². The van der Waals surface area contributed by atoms with Gasteiger partial charge in [0.05, 0.1) is 17.1 Å². The predicted octanol–water partition coefficient (Wildman–Crippen LogP) is 1.30. The summed E-state index contributed by atoms with van der Waals surface area (Å²) in [5, 5.41) is 22.8. The molecule has 0 saturated heterocycles. The van der Waals surface area contributed by atoms with Gasteiger partial charge in [-0.15, -0.1) is 0 Å². The van der Waals surface area contributed by atoms with E-state index < -0.39 is 16.8 Å². The van der Waals surface area contributed by atoms with Gasteiger partial charge in [-0.1, -0.05) is 12.1 Å². The lowest BCUT2D eigenvalue weighted by Gasteiger charge is -2.02. The summed E-state index contributed by atoms with van der Waals surface area (Å²) in [6.45, 7) is 1.58. The van der Waals surface area contributed by atoms with Crippen LogP contribution >= 0.6 is 0 Å². The van der Waals surface area contributed by atoms with Gasteiger partial charge in [0.2, 0.25) is 5.91 Å². The van der Waals surface area contributed by atoms with Gasteiger partial charge in [-0.25, -0.2) is 5.43 Å². The van der Waals surface area contributed by atoms with Crippen LogP contribution in [0.2, 0.25) is 0 Å². The number of nitro groups is 1. The Hall–Kier alpha value is -2.77. The molecule has 0 atom stereocenters. The number of nitrogens with one attached hydrogen (secondary N) is 1. The molecule has 106 valence electrons. The molecular weight excluding hydrogens is 266 g/mol. The van der Waals surface area contributed by atoms with Gasteiger partial charge in [0.1, 0.15) is 0 Å². The SMILES string of the molecule is C/C(=N/NC(=O)CCC(=O)O)c1cccc([N+](=O)[O-])c1. The molecule has 0 aliphatic rings. The van der Waals surface area contributed by atoms with Crippen molar-refractivity contribution in [1.82, 2.24) is 5.43 Å². The van der Waals surface area contributed by atoms with E-state index in [0.29, 0.717) is 11.3 Å². The fourth-order valence-electron chi connectivity index (χ4n) is 1.33. The van der Waals surface area contributed by atoms with E-state index in [-0.39, 0.29) is 18.5 Å². The Morgan fingerprint density at radius 3 is 2.70 bits per heavy atom. The van der Waals surface area contributed by atoms with Gasteiger partial charge < -0.3 is 5.11 Å². The van der Waals surface area contributed by atoms with Crippen molar-refractivity contribution in [2.75, 3.05) is 0 Å². The number of carbonyl (C=O) groups is 2. The largest absolute Gasteiger partial charge is 0.481 e. The number of amides is 1. The number of aliphatic carboxylic acids is 1. The first kappa shape index (κ1) is 15.3. The van der Waals surface area contributed by atoms with Crippen LogP contribution in [-0.4, -0.2) is 27.6 Å². The third kappa shape index (κ3) is 4.84. The van der Waals surface area contributed by atoms with E-state index >= 15 is 0 Å². The third-order valence-electron chi connectivity index (χ3n) is 2.39. The standard InChI is InChI=1S/C12H13N3O5/c1-8(13-14-11(16)5-6-12(17)18)9-3-2-4-10(7-9)15(19)20/h2-4,7H,5-6H2,1H3,(H,14,16)(H,17,18)/b13-8-. The van der Waals surface area contributed by atoms with Crippen LogP contribution in [0.4, 0.5) is 5.69 Å². The van der Waals surface area contributed by atoms with Crippen LogP contribution in [0.15, 0.2) is 29.4 Å². The Morgan fingerprint density at radius 1 is 1.40 bits per heavy atom. The van der Waals surface area contributed by atoms with E-state index in [9.17, 15) is 19.7 Å². The van der Waals surface area contributed by atoms with E-state index in [0.717, 1.165) is 0 Å². The van der Waals surface area contributed by atoms with Gasteiger partial charge in [0.15, 0.2) is 0 Å². The Bertz CT molecular complexity index is 568. The second-order valence-corrected chi connectivity index (χ2v) is 3.93. The van der Waals surface area contributed by atoms with Crippen LogP contribution in [0, 0.1) is 10.1 Å². The van der Waals surface area contributed by atoms with Crippen molar-refractivity contribution >= 4 is 23.3 Å². The van der Waals surface area contributed by atoms with E-state index in [2.05, 4.69) is 10.5 Å². The van der Waals surface area contributed by atoms with E-state index in [4.69, 9.17) is 5.11 Å². The number of nitro benzene ring substituents is 1. The maximum atomic E-state index is 11.3. The molecule has 0 fully saturated rings. The minimum Gasteiger partial charge on any atom is -0.481 e. The second-order valence-electron chi connectivity index (χ2n) is 3.93. The molecule has 0 unspecified atom stereocenters. The first-order valence-corrected chi connectivity index (χ1v) is 5.70. The molecule has 2 N–H and O–H groups in total. The normalized spacial score (nSPS) is 10.9. The average Bonchev–Trinajstić information content (AvgIpc) is 2.42. The highest BCUT2D eigenvalue weighted by molar-refractivity contribution is 5.99. The van der Waals surface area contributed by atoms with Crippen molar-refractivity contribution in [3.05, 3.63) is 39.9 Å². The summed E-state index contributed by atoms with van der Waals surface area (Å²) < 4.78 is 0. The molecule has 0 aliphatic heterocycles. The zero-order chi connectivity index (χ0) is 15.1. The summed E-state index contributed by atoms with van der Waals surface area (Å²) in [4.78, 5) is 31.7. The number of non-ortho nitro benzene ring substituents is 1. The molecule has 0 spiro atoms. The number of nitrogens with zero attached hydrogens (tertiary/aromatic N) is 2. The lowest BCUT2D eigenvalue weighted by molar-refractivity contribution is -0.384. The molecule has 1 amide bonds. The van der Waals surface area contributed by atoms with Gasteiger partial charge in [0, 0.05) is 24.1 Å². The average molecular weight is 279 g/mol. The molecule has 20 heavy (non-hydrogen) atoms. The molecule has 0 bridgehead atoms. The highest BCUT2D eigenvalue weighted by Gasteiger charge is 2.08. The summed E-state index contributed by atoms with van der Waals surface area (Å²) in [6, 6.07) is 5.82. The lowest BCUT2D eigenvalue weighted by Crippen LogP contribution is -2.20. The summed E-state index contributed by atoms with van der Waals surface area (Å²) in [7, 11) is 0. The zero-order valence-corrected chi connectivity index (χ0v) is 10.7. The number of carboxylic acid groups (broad SMARTS) is 1. The number of benzene rings is 1. The molecule has 0 saturated carbocycles. The second kappa shape index (κ2) is 6.98. The third-order valence-corrected chi connectivity index (χ3v) is 2.39. The minimum atomic E-state index is -1.07. The monoisotopic (exact) mass is 279 g/mol. The summed E-state index contributed by atoms with van der Waals surface area (Å²) in [5.74, 6) is -1.60. The van der Waals surface area contributed by atoms with Crippen molar-refractivity contribution in [3.8, 4) is 0 Å². The van der Waals surface area contributed by atoms with E-state index in [1.807, 2.05) is 0 Å². The number of hydrogen-bond donors (Lipinski definition) is 2. The molecule has 0 radical (unpaired) electrons. The Labute approximate surface area is 114 Å². The molecule has 1 aromatic carbocycles. The molecule has 8 nitrogen and oxygen atoms in total. The van der Waals surface area contributed by atoms with Gasteiger partial charge in [-0.05, 0) is 6.92 Å². The molecule has 0 aromatic heterocycles. The number of rotatable bonds is 6. The van der Waals surface area contributed by atoms with Crippen molar-refractivity contribution in [2.45, 2.75) is 19.8 Å². The first-order valence-electron chi connectivity index (χ1n) is 5.70. The van der Waals surface area contributed by atoms with Crippen LogP contribution in [0.25, 0.3) is 0 Å². The minimum absolute atomic E-state index is 0.0748. The highest BCUT2D eigenvalue weighted by Crippen LogP contribution is 2.13. The van der Waals surface area contributed by atoms with Crippen LogP contribution in [0.5, 0.6) is 0 Å². The van der Waals surface area contributed by atoms with Crippen molar-refractivity contribution in [1.29, 1.82) is 0 Å². The van der Waals surface area contributed by atoms with Crippen LogP contribution in [0.1, 0.15) is 25.3 Å². The smallest absolute Gasteiger partial charge is 0.303 e. The number of carboxylic acids is 1. The van der Waals surface area contributed by atoms with Gasteiger partial charge >= 0.3 is 5.97 Å². The molecular formula is C12H13N3O5. The Morgan fingerprint density at radius 2 is 2.10 bits per heavy atom. The number of hydrazone groups is 1. The maximum Gasteiger partial charge on any atom is 0.303 e. The molecule has 1 aromatic rings. The molecule has 8 heteroatoms. The van der Waals surface area contributed by atoms with Gasteiger partial charge in [0.25, 0.3) is 5.69 Å². The van der Waals surface area contributed by atoms with Crippen LogP contribution in [-0.2, 0) is 9.59 Å². The van der Waals surface area contributed by atoms with Crippen molar-refractivity contribution in [3.63, 3.8) is 0 Å². The molecule has 1 rings (SSSR count). The Kier molecular flexibility index (Phi) is 5.33. The fourth-order valence-corrected chi connectivity index (χ4v) is 1.33. The predicted molar refractivity (Wildman–Crippen MR) is 70.3 cm³/mol. The fraction of sp³-hybridized carbons (Fsp3) is 0.250. The number of hydrogen-bond acceptors (Lipinski definition) is 5. The first-order chi connectivity index (χ1) is 9.40. The maximum absolute atomic E-state index is 11.3.